The first-order valence-corrected chi connectivity index (χ1v) is 7.85. The molecule has 1 unspecified atom stereocenters. The highest BCUT2D eigenvalue weighted by molar-refractivity contribution is 8.00. The standard InChI is InChI=1S/C14H31NS/c1-6-8-9-10-11-13(15-7-2)12-16-14(3,4)5/h13,15H,6-12H2,1-5H3. The smallest absolute Gasteiger partial charge is 0.0158 e. The summed E-state index contributed by atoms with van der Waals surface area (Å²) >= 11 is 2.08. The van der Waals surface area contributed by atoms with E-state index in [0.29, 0.717) is 10.8 Å². The Morgan fingerprint density at radius 2 is 1.75 bits per heavy atom. The summed E-state index contributed by atoms with van der Waals surface area (Å²) in [6.45, 7) is 12.5. The molecule has 0 aliphatic carbocycles. The van der Waals surface area contributed by atoms with Gasteiger partial charge in [-0.3, -0.25) is 0 Å². The molecule has 0 aromatic carbocycles. The van der Waals surface area contributed by atoms with Crippen LogP contribution in [-0.2, 0) is 0 Å². The fraction of sp³-hybridized carbons (Fsp3) is 1.00. The van der Waals surface area contributed by atoms with Crippen LogP contribution in [0.1, 0.15) is 66.7 Å². The second-order valence-corrected chi connectivity index (χ2v) is 7.37. The van der Waals surface area contributed by atoms with Crippen LogP contribution in [0.2, 0.25) is 0 Å². The third kappa shape index (κ3) is 10.8. The van der Waals surface area contributed by atoms with Crippen molar-refractivity contribution in [3.63, 3.8) is 0 Å². The van der Waals surface area contributed by atoms with Crippen LogP contribution in [0.25, 0.3) is 0 Å². The molecule has 16 heavy (non-hydrogen) atoms. The minimum Gasteiger partial charge on any atom is -0.313 e. The molecule has 1 nitrogen and oxygen atoms in total. The number of hydrogen-bond donors (Lipinski definition) is 1. The summed E-state index contributed by atoms with van der Waals surface area (Å²) < 4.78 is 0.400. The van der Waals surface area contributed by atoms with Gasteiger partial charge in [-0.25, -0.2) is 0 Å². The van der Waals surface area contributed by atoms with Crippen molar-refractivity contribution in [3.8, 4) is 0 Å². The SMILES string of the molecule is CCCCCCC(CSC(C)(C)C)NCC. The van der Waals surface area contributed by atoms with Gasteiger partial charge in [0.1, 0.15) is 0 Å². The Labute approximate surface area is 107 Å². The van der Waals surface area contributed by atoms with Gasteiger partial charge in [-0.1, -0.05) is 60.3 Å². The van der Waals surface area contributed by atoms with Crippen molar-refractivity contribution < 1.29 is 0 Å². The molecule has 0 bridgehead atoms. The summed E-state index contributed by atoms with van der Waals surface area (Å²) in [4.78, 5) is 0. The summed E-state index contributed by atoms with van der Waals surface area (Å²) in [5.74, 6) is 1.25. The van der Waals surface area contributed by atoms with Gasteiger partial charge in [0.05, 0.1) is 0 Å². The van der Waals surface area contributed by atoms with E-state index in [-0.39, 0.29) is 0 Å². The molecule has 0 aliphatic heterocycles. The average molecular weight is 245 g/mol. The zero-order valence-corrected chi connectivity index (χ0v) is 12.8. The summed E-state index contributed by atoms with van der Waals surface area (Å²) in [6, 6.07) is 0.714. The monoisotopic (exact) mass is 245 g/mol. The molecule has 0 aromatic rings. The Morgan fingerprint density at radius 1 is 1.06 bits per heavy atom. The van der Waals surface area contributed by atoms with E-state index in [1.807, 2.05) is 0 Å². The molecule has 0 heterocycles. The van der Waals surface area contributed by atoms with E-state index in [4.69, 9.17) is 0 Å². The quantitative estimate of drug-likeness (QED) is 0.602. The van der Waals surface area contributed by atoms with Crippen LogP contribution in [0.4, 0.5) is 0 Å². The van der Waals surface area contributed by atoms with Gasteiger partial charge in [0, 0.05) is 16.5 Å². The minimum absolute atomic E-state index is 0.400. The topological polar surface area (TPSA) is 12.0 Å². The van der Waals surface area contributed by atoms with Crippen molar-refractivity contribution in [1.29, 1.82) is 0 Å². The van der Waals surface area contributed by atoms with Gasteiger partial charge in [0.2, 0.25) is 0 Å². The Morgan fingerprint density at radius 3 is 2.25 bits per heavy atom. The lowest BCUT2D eigenvalue weighted by Crippen LogP contribution is -2.32. The number of thioether (sulfide) groups is 1. The Hall–Kier alpha value is 0.310. The Kier molecular flexibility index (Phi) is 9.53. The van der Waals surface area contributed by atoms with Crippen LogP contribution in [0.3, 0.4) is 0 Å². The van der Waals surface area contributed by atoms with Crippen LogP contribution in [0.15, 0.2) is 0 Å². The predicted molar refractivity (Wildman–Crippen MR) is 78.4 cm³/mol. The van der Waals surface area contributed by atoms with Crippen LogP contribution in [0, 0.1) is 0 Å². The maximum atomic E-state index is 3.61. The third-order valence-corrected chi connectivity index (χ3v) is 4.05. The van der Waals surface area contributed by atoms with Crippen LogP contribution < -0.4 is 5.32 Å². The molecule has 98 valence electrons. The van der Waals surface area contributed by atoms with Crippen molar-refractivity contribution in [2.75, 3.05) is 12.3 Å². The highest BCUT2D eigenvalue weighted by atomic mass is 32.2. The van der Waals surface area contributed by atoms with Crippen molar-refractivity contribution >= 4 is 11.8 Å². The van der Waals surface area contributed by atoms with Gasteiger partial charge < -0.3 is 5.32 Å². The molecule has 0 rings (SSSR count). The van der Waals surface area contributed by atoms with E-state index >= 15 is 0 Å². The van der Waals surface area contributed by atoms with E-state index in [9.17, 15) is 0 Å². The zero-order chi connectivity index (χ0) is 12.4. The molecule has 0 amide bonds. The van der Waals surface area contributed by atoms with Crippen LogP contribution >= 0.6 is 11.8 Å². The highest BCUT2D eigenvalue weighted by Crippen LogP contribution is 2.24. The van der Waals surface area contributed by atoms with Gasteiger partial charge >= 0.3 is 0 Å². The number of nitrogens with one attached hydrogen (secondary N) is 1. The lowest BCUT2D eigenvalue weighted by atomic mass is 10.1. The molecule has 2 heteroatoms. The summed E-state index contributed by atoms with van der Waals surface area (Å²) in [5, 5.41) is 3.61. The summed E-state index contributed by atoms with van der Waals surface area (Å²) in [6.07, 6.45) is 6.86. The lowest BCUT2D eigenvalue weighted by Gasteiger charge is -2.23. The first-order chi connectivity index (χ1) is 7.49. The molecule has 1 atom stereocenters. The van der Waals surface area contributed by atoms with E-state index in [1.165, 1.54) is 37.9 Å². The highest BCUT2D eigenvalue weighted by Gasteiger charge is 2.14. The van der Waals surface area contributed by atoms with Gasteiger partial charge in [-0.2, -0.15) is 11.8 Å². The molecular formula is C14H31NS. The molecule has 1 N–H and O–H groups in total. The molecule has 0 saturated carbocycles. The normalized spacial score (nSPS) is 14.1. The fourth-order valence-electron chi connectivity index (χ4n) is 1.70. The van der Waals surface area contributed by atoms with Gasteiger partial charge in [0.15, 0.2) is 0 Å². The van der Waals surface area contributed by atoms with E-state index in [0.717, 1.165) is 6.54 Å². The number of unbranched alkanes of at least 4 members (excludes halogenated alkanes) is 3. The largest absolute Gasteiger partial charge is 0.313 e. The van der Waals surface area contributed by atoms with Crippen molar-refractivity contribution in [3.05, 3.63) is 0 Å². The van der Waals surface area contributed by atoms with Crippen molar-refractivity contribution in [2.45, 2.75) is 77.5 Å². The molecule has 0 fully saturated rings. The molecular weight excluding hydrogens is 214 g/mol. The fourth-order valence-corrected chi connectivity index (χ4v) is 2.69. The zero-order valence-electron chi connectivity index (χ0n) is 11.9. The Bertz CT molecular complexity index is 151. The van der Waals surface area contributed by atoms with Gasteiger partial charge in [-0.15, -0.1) is 0 Å². The Balaban J connectivity index is 3.70. The predicted octanol–water partition coefficient (Wildman–Crippen LogP) is 4.47. The maximum Gasteiger partial charge on any atom is 0.0158 e. The third-order valence-electron chi connectivity index (χ3n) is 2.62. The second kappa shape index (κ2) is 9.35. The number of rotatable bonds is 9. The van der Waals surface area contributed by atoms with E-state index < -0.39 is 0 Å². The van der Waals surface area contributed by atoms with Gasteiger partial charge in [-0.05, 0) is 13.0 Å². The molecule has 0 radical (unpaired) electrons. The second-order valence-electron chi connectivity index (χ2n) is 5.53. The molecule has 0 spiro atoms. The van der Waals surface area contributed by atoms with Crippen LogP contribution in [-0.4, -0.2) is 23.1 Å². The minimum atomic E-state index is 0.400. The molecule has 0 aromatic heterocycles. The van der Waals surface area contributed by atoms with Crippen LogP contribution in [0.5, 0.6) is 0 Å². The summed E-state index contributed by atoms with van der Waals surface area (Å²) in [5.41, 5.74) is 0. The number of hydrogen-bond acceptors (Lipinski definition) is 2. The molecule has 0 aliphatic rings. The van der Waals surface area contributed by atoms with Crippen molar-refractivity contribution in [2.24, 2.45) is 0 Å². The van der Waals surface area contributed by atoms with Gasteiger partial charge in [0.25, 0.3) is 0 Å². The first kappa shape index (κ1) is 16.3. The lowest BCUT2D eigenvalue weighted by molar-refractivity contribution is 0.499. The first-order valence-electron chi connectivity index (χ1n) is 6.87. The molecule has 0 saturated heterocycles. The van der Waals surface area contributed by atoms with Crippen molar-refractivity contribution in [1.82, 2.24) is 5.32 Å². The van der Waals surface area contributed by atoms with E-state index in [2.05, 4.69) is 51.7 Å². The summed E-state index contributed by atoms with van der Waals surface area (Å²) in [7, 11) is 0. The van der Waals surface area contributed by atoms with E-state index in [1.54, 1.807) is 0 Å². The maximum absolute atomic E-state index is 3.61. The average Bonchev–Trinajstić information content (AvgIpc) is 2.19.